The molecule has 0 saturated heterocycles. The summed E-state index contributed by atoms with van der Waals surface area (Å²) in [5.41, 5.74) is 7.70. The average Bonchev–Trinajstić information content (AvgIpc) is 2.87. The second-order valence-corrected chi connectivity index (χ2v) is 4.54. The number of nitrogens with one attached hydrogen (secondary N) is 1. The van der Waals surface area contributed by atoms with Gasteiger partial charge in [0.1, 0.15) is 0 Å². The van der Waals surface area contributed by atoms with Crippen LogP contribution < -0.4 is 11.1 Å². The van der Waals surface area contributed by atoms with E-state index in [4.69, 9.17) is 10.3 Å². The molecule has 3 aromatic rings. The molecule has 2 aromatic heterocycles. The number of hydrogen-bond donors (Lipinski definition) is 2. The van der Waals surface area contributed by atoms with Crippen LogP contribution in [0.3, 0.4) is 0 Å². The summed E-state index contributed by atoms with van der Waals surface area (Å²) in [6, 6.07) is 5.80. The Morgan fingerprint density at radius 3 is 2.95 bits per heavy atom. The minimum absolute atomic E-state index is 0.636. The lowest BCUT2D eigenvalue weighted by Crippen LogP contribution is -2.06. The van der Waals surface area contributed by atoms with Gasteiger partial charge in [0.2, 0.25) is 5.89 Å². The molecule has 0 atom stereocenters. The summed E-state index contributed by atoms with van der Waals surface area (Å²) in [4.78, 5) is 8.27. The van der Waals surface area contributed by atoms with Crippen LogP contribution in [0.4, 0.5) is 11.4 Å². The molecule has 6 nitrogen and oxygen atoms in total. The number of nitrogen functional groups attached to an aromatic ring is 1. The predicted molar refractivity (Wildman–Crippen MR) is 77.4 cm³/mol. The van der Waals surface area contributed by atoms with Crippen molar-refractivity contribution in [1.29, 1.82) is 0 Å². The van der Waals surface area contributed by atoms with E-state index in [0.717, 1.165) is 22.1 Å². The highest BCUT2D eigenvalue weighted by molar-refractivity contribution is 6.00. The zero-order chi connectivity index (χ0) is 13.9. The quantitative estimate of drug-likeness (QED) is 0.705. The van der Waals surface area contributed by atoms with Crippen molar-refractivity contribution >= 4 is 22.1 Å². The first-order valence-electron chi connectivity index (χ1n) is 6.39. The molecule has 0 spiro atoms. The van der Waals surface area contributed by atoms with Gasteiger partial charge >= 0.3 is 0 Å². The van der Waals surface area contributed by atoms with Crippen molar-refractivity contribution in [3.63, 3.8) is 0 Å². The van der Waals surface area contributed by atoms with Crippen LogP contribution >= 0.6 is 0 Å². The number of nitrogens with zero attached hydrogens (tertiary/aromatic N) is 3. The lowest BCUT2D eigenvalue weighted by atomic mass is 10.1. The first-order valence-corrected chi connectivity index (χ1v) is 6.39. The van der Waals surface area contributed by atoms with E-state index in [1.165, 1.54) is 0 Å². The third kappa shape index (κ3) is 2.40. The van der Waals surface area contributed by atoms with Gasteiger partial charge in [0, 0.05) is 47.5 Å². The van der Waals surface area contributed by atoms with Gasteiger partial charge in [0.15, 0.2) is 5.82 Å². The summed E-state index contributed by atoms with van der Waals surface area (Å²) in [5.74, 6) is 1.29. The fourth-order valence-electron chi connectivity index (χ4n) is 2.11. The average molecular weight is 269 g/mol. The zero-order valence-corrected chi connectivity index (χ0v) is 11.1. The Balaban J connectivity index is 1.76. The highest BCUT2D eigenvalue weighted by Gasteiger charge is 2.05. The maximum atomic E-state index is 5.95. The fraction of sp³-hybridized carbons (Fsp3) is 0.214. The number of aromatic nitrogens is 3. The van der Waals surface area contributed by atoms with Gasteiger partial charge in [-0.3, -0.25) is 4.98 Å². The molecule has 0 aliphatic carbocycles. The number of nitrogens with two attached hydrogens (primary N) is 1. The number of aryl methyl sites for hydroxylation is 1. The largest absolute Gasteiger partial charge is 0.398 e. The van der Waals surface area contributed by atoms with Crippen molar-refractivity contribution < 1.29 is 4.52 Å². The van der Waals surface area contributed by atoms with E-state index in [9.17, 15) is 0 Å². The summed E-state index contributed by atoms with van der Waals surface area (Å²) >= 11 is 0. The maximum absolute atomic E-state index is 5.95. The summed E-state index contributed by atoms with van der Waals surface area (Å²) in [5, 5.41) is 9.13. The Hall–Kier alpha value is -2.63. The van der Waals surface area contributed by atoms with Crippen LogP contribution in [0.15, 0.2) is 35.1 Å². The minimum atomic E-state index is 0.636. The number of benzene rings is 1. The predicted octanol–water partition coefficient (Wildman–Crippen LogP) is 2.16. The molecule has 20 heavy (non-hydrogen) atoms. The van der Waals surface area contributed by atoms with Gasteiger partial charge in [-0.1, -0.05) is 5.16 Å². The van der Waals surface area contributed by atoms with Gasteiger partial charge in [-0.25, -0.2) is 0 Å². The summed E-state index contributed by atoms with van der Waals surface area (Å²) < 4.78 is 5.08. The van der Waals surface area contributed by atoms with Crippen molar-refractivity contribution in [2.24, 2.45) is 0 Å². The SMILES string of the molecule is Cc1noc(CCNc2ccc(N)c3cnccc23)n1. The van der Waals surface area contributed by atoms with Gasteiger partial charge < -0.3 is 15.6 Å². The second-order valence-electron chi connectivity index (χ2n) is 4.54. The molecule has 0 fully saturated rings. The molecule has 0 unspecified atom stereocenters. The van der Waals surface area contributed by atoms with Gasteiger partial charge in [-0.15, -0.1) is 0 Å². The minimum Gasteiger partial charge on any atom is -0.398 e. The third-order valence-electron chi connectivity index (χ3n) is 3.08. The Morgan fingerprint density at radius 2 is 2.15 bits per heavy atom. The standard InChI is InChI=1S/C14H15N5O/c1-9-18-14(20-19-9)5-7-17-13-3-2-12(15)11-8-16-6-4-10(11)13/h2-4,6,8,17H,5,7,15H2,1H3. The maximum Gasteiger partial charge on any atom is 0.228 e. The Morgan fingerprint density at radius 1 is 1.25 bits per heavy atom. The molecule has 0 radical (unpaired) electrons. The Kier molecular flexibility index (Phi) is 3.20. The van der Waals surface area contributed by atoms with Crippen LogP contribution in [0.25, 0.3) is 10.8 Å². The van der Waals surface area contributed by atoms with Crippen LogP contribution in [0.1, 0.15) is 11.7 Å². The number of anilines is 2. The van der Waals surface area contributed by atoms with Gasteiger partial charge in [0.05, 0.1) is 0 Å². The molecule has 3 rings (SSSR count). The highest BCUT2D eigenvalue weighted by atomic mass is 16.5. The molecule has 6 heteroatoms. The summed E-state index contributed by atoms with van der Waals surface area (Å²) in [6.07, 6.45) is 4.21. The second kappa shape index (κ2) is 5.16. The van der Waals surface area contributed by atoms with Crippen molar-refractivity contribution in [2.75, 3.05) is 17.6 Å². The number of fused-ring (bicyclic) bond motifs is 1. The topological polar surface area (TPSA) is 89.9 Å². The molecule has 102 valence electrons. The van der Waals surface area contributed by atoms with E-state index in [-0.39, 0.29) is 0 Å². The zero-order valence-electron chi connectivity index (χ0n) is 11.1. The van der Waals surface area contributed by atoms with E-state index in [2.05, 4.69) is 20.4 Å². The normalized spacial score (nSPS) is 10.8. The lowest BCUT2D eigenvalue weighted by molar-refractivity contribution is 0.377. The molecule has 2 heterocycles. The first-order chi connectivity index (χ1) is 9.74. The monoisotopic (exact) mass is 269 g/mol. The molecule has 1 aromatic carbocycles. The molecule has 0 aliphatic heterocycles. The van der Waals surface area contributed by atoms with Crippen molar-refractivity contribution in [1.82, 2.24) is 15.1 Å². The van der Waals surface area contributed by atoms with E-state index < -0.39 is 0 Å². The van der Waals surface area contributed by atoms with Crippen molar-refractivity contribution in [3.8, 4) is 0 Å². The molecular weight excluding hydrogens is 254 g/mol. The van der Waals surface area contributed by atoms with E-state index in [0.29, 0.717) is 24.7 Å². The highest BCUT2D eigenvalue weighted by Crippen LogP contribution is 2.27. The molecule has 0 saturated carbocycles. The fourth-order valence-corrected chi connectivity index (χ4v) is 2.11. The number of hydrogen-bond acceptors (Lipinski definition) is 6. The van der Waals surface area contributed by atoms with Crippen LogP contribution in [0.5, 0.6) is 0 Å². The first kappa shape index (κ1) is 12.4. The van der Waals surface area contributed by atoms with Gasteiger partial charge in [-0.2, -0.15) is 4.98 Å². The summed E-state index contributed by atoms with van der Waals surface area (Å²) in [6.45, 7) is 2.52. The van der Waals surface area contributed by atoms with Crippen molar-refractivity contribution in [2.45, 2.75) is 13.3 Å². The van der Waals surface area contributed by atoms with Crippen LogP contribution in [-0.4, -0.2) is 21.7 Å². The van der Waals surface area contributed by atoms with Crippen LogP contribution in [0.2, 0.25) is 0 Å². The van der Waals surface area contributed by atoms with E-state index in [1.54, 1.807) is 19.3 Å². The van der Waals surface area contributed by atoms with E-state index in [1.807, 2.05) is 18.2 Å². The lowest BCUT2D eigenvalue weighted by Gasteiger charge is -2.10. The summed E-state index contributed by atoms with van der Waals surface area (Å²) in [7, 11) is 0. The molecule has 3 N–H and O–H groups in total. The smallest absolute Gasteiger partial charge is 0.228 e. The molecular formula is C14H15N5O. The van der Waals surface area contributed by atoms with Crippen LogP contribution in [0, 0.1) is 6.92 Å². The van der Waals surface area contributed by atoms with Gasteiger partial charge in [0.25, 0.3) is 0 Å². The number of rotatable bonds is 4. The molecule has 0 amide bonds. The Bertz CT molecular complexity index is 737. The van der Waals surface area contributed by atoms with Crippen molar-refractivity contribution in [3.05, 3.63) is 42.3 Å². The van der Waals surface area contributed by atoms with Crippen LogP contribution in [-0.2, 0) is 6.42 Å². The Labute approximate surface area is 116 Å². The third-order valence-corrected chi connectivity index (χ3v) is 3.08. The van der Waals surface area contributed by atoms with Gasteiger partial charge in [-0.05, 0) is 25.1 Å². The molecule has 0 bridgehead atoms. The molecule has 0 aliphatic rings. The van der Waals surface area contributed by atoms with E-state index >= 15 is 0 Å². The number of pyridine rings is 1.